The highest BCUT2D eigenvalue weighted by molar-refractivity contribution is 5.78. The summed E-state index contributed by atoms with van der Waals surface area (Å²) in [4.78, 5) is 12.7. The molecule has 0 unspecified atom stereocenters. The van der Waals surface area contributed by atoms with E-state index in [0.29, 0.717) is 18.7 Å². The number of anilines is 1. The second-order valence-electron chi connectivity index (χ2n) is 3.62. The average Bonchev–Trinajstić information content (AvgIpc) is 2.28. The zero-order valence-electron chi connectivity index (χ0n) is 9.52. The van der Waals surface area contributed by atoms with Gasteiger partial charge < -0.3 is 10.0 Å². The van der Waals surface area contributed by atoms with Crippen molar-refractivity contribution in [2.45, 2.75) is 6.92 Å². The SMILES string of the molecule is C=CCN(CCO)c1ccc(C=O)c(C)c1. The zero-order valence-corrected chi connectivity index (χ0v) is 9.52. The van der Waals surface area contributed by atoms with E-state index >= 15 is 0 Å². The van der Waals surface area contributed by atoms with Crippen molar-refractivity contribution < 1.29 is 9.90 Å². The first-order valence-corrected chi connectivity index (χ1v) is 5.25. The Morgan fingerprint density at radius 2 is 2.25 bits per heavy atom. The standard InChI is InChI=1S/C13H17NO2/c1-3-6-14(7-8-15)13-5-4-12(10-16)11(2)9-13/h3-5,9-10,15H,1,6-8H2,2H3. The second-order valence-corrected chi connectivity index (χ2v) is 3.62. The van der Waals surface area contributed by atoms with E-state index < -0.39 is 0 Å². The van der Waals surface area contributed by atoms with E-state index in [4.69, 9.17) is 5.11 Å². The molecule has 0 fully saturated rings. The van der Waals surface area contributed by atoms with Crippen LogP contribution in [0.5, 0.6) is 0 Å². The fourth-order valence-corrected chi connectivity index (χ4v) is 1.59. The molecule has 3 nitrogen and oxygen atoms in total. The molecule has 0 saturated carbocycles. The van der Waals surface area contributed by atoms with Gasteiger partial charge in [-0.25, -0.2) is 0 Å². The van der Waals surface area contributed by atoms with Crippen molar-refractivity contribution in [1.82, 2.24) is 0 Å². The molecule has 3 heteroatoms. The number of aliphatic hydroxyl groups is 1. The number of carbonyl (C=O) groups excluding carboxylic acids is 1. The van der Waals surface area contributed by atoms with Crippen molar-refractivity contribution in [2.75, 3.05) is 24.6 Å². The molecule has 0 atom stereocenters. The third-order valence-corrected chi connectivity index (χ3v) is 2.46. The maximum Gasteiger partial charge on any atom is 0.150 e. The maximum absolute atomic E-state index is 10.7. The van der Waals surface area contributed by atoms with Crippen LogP contribution in [-0.2, 0) is 0 Å². The van der Waals surface area contributed by atoms with Crippen LogP contribution in [0.25, 0.3) is 0 Å². The summed E-state index contributed by atoms with van der Waals surface area (Å²) in [7, 11) is 0. The highest BCUT2D eigenvalue weighted by atomic mass is 16.3. The lowest BCUT2D eigenvalue weighted by molar-refractivity contribution is 0.112. The van der Waals surface area contributed by atoms with Crippen LogP contribution in [0.2, 0.25) is 0 Å². The Labute approximate surface area is 96.0 Å². The Balaban J connectivity index is 2.95. The van der Waals surface area contributed by atoms with E-state index in [2.05, 4.69) is 6.58 Å². The van der Waals surface area contributed by atoms with Crippen molar-refractivity contribution in [2.24, 2.45) is 0 Å². The van der Waals surface area contributed by atoms with Gasteiger partial charge >= 0.3 is 0 Å². The van der Waals surface area contributed by atoms with Crippen molar-refractivity contribution in [3.63, 3.8) is 0 Å². The molecule has 1 rings (SSSR count). The molecule has 0 aliphatic carbocycles. The molecule has 1 aromatic rings. The first kappa shape index (κ1) is 12.5. The van der Waals surface area contributed by atoms with Gasteiger partial charge in [0.1, 0.15) is 6.29 Å². The van der Waals surface area contributed by atoms with Crippen LogP contribution >= 0.6 is 0 Å². The molecule has 0 aromatic heterocycles. The summed E-state index contributed by atoms with van der Waals surface area (Å²) in [6.07, 6.45) is 2.64. The van der Waals surface area contributed by atoms with E-state index in [0.717, 1.165) is 17.5 Å². The van der Waals surface area contributed by atoms with Crippen LogP contribution < -0.4 is 4.90 Å². The Kier molecular flexibility index (Phi) is 4.73. The molecule has 0 saturated heterocycles. The third kappa shape index (κ3) is 2.94. The van der Waals surface area contributed by atoms with Gasteiger partial charge in [0.05, 0.1) is 6.61 Å². The first-order chi connectivity index (χ1) is 7.72. The van der Waals surface area contributed by atoms with Crippen LogP contribution in [0.3, 0.4) is 0 Å². The van der Waals surface area contributed by atoms with Gasteiger partial charge in [0.2, 0.25) is 0 Å². The van der Waals surface area contributed by atoms with E-state index in [9.17, 15) is 4.79 Å². The largest absolute Gasteiger partial charge is 0.395 e. The molecule has 0 amide bonds. The summed E-state index contributed by atoms with van der Waals surface area (Å²) in [5, 5.41) is 8.96. The number of aryl methyl sites for hydroxylation is 1. The van der Waals surface area contributed by atoms with Gasteiger partial charge in [0.15, 0.2) is 0 Å². The monoisotopic (exact) mass is 219 g/mol. The molecular formula is C13H17NO2. The van der Waals surface area contributed by atoms with Crippen LogP contribution in [-0.4, -0.2) is 31.1 Å². The van der Waals surface area contributed by atoms with Crippen molar-refractivity contribution >= 4 is 12.0 Å². The fraction of sp³-hybridized carbons (Fsp3) is 0.308. The van der Waals surface area contributed by atoms with Crippen LogP contribution in [0.15, 0.2) is 30.9 Å². The summed E-state index contributed by atoms with van der Waals surface area (Å²) >= 11 is 0. The highest BCUT2D eigenvalue weighted by Gasteiger charge is 2.05. The van der Waals surface area contributed by atoms with E-state index in [1.807, 2.05) is 24.0 Å². The van der Waals surface area contributed by atoms with Gasteiger partial charge in [-0.1, -0.05) is 6.08 Å². The third-order valence-electron chi connectivity index (χ3n) is 2.46. The van der Waals surface area contributed by atoms with E-state index in [-0.39, 0.29) is 6.61 Å². The molecule has 16 heavy (non-hydrogen) atoms. The van der Waals surface area contributed by atoms with Crippen molar-refractivity contribution in [3.05, 3.63) is 42.0 Å². The number of hydrogen-bond acceptors (Lipinski definition) is 3. The van der Waals surface area contributed by atoms with Gasteiger partial charge in [-0.05, 0) is 30.7 Å². The molecule has 0 radical (unpaired) electrons. The fourth-order valence-electron chi connectivity index (χ4n) is 1.59. The van der Waals surface area contributed by atoms with Crippen molar-refractivity contribution in [1.29, 1.82) is 0 Å². The number of hydrogen-bond donors (Lipinski definition) is 1. The van der Waals surface area contributed by atoms with Crippen LogP contribution in [0, 0.1) is 6.92 Å². The van der Waals surface area contributed by atoms with Gasteiger partial charge in [-0.15, -0.1) is 6.58 Å². The number of benzene rings is 1. The molecule has 0 bridgehead atoms. The van der Waals surface area contributed by atoms with Gasteiger partial charge in [0.25, 0.3) is 0 Å². The normalized spacial score (nSPS) is 9.88. The lowest BCUT2D eigenvalue weighted by atomic mass is 10.1. The minimum atomic E-state index is 0.0995. The Hall–Kier alpha value is -1.61. The van der Waals surface area contributed by atoms with Gasteiger partial charge in [-0.3, -0.25) is 4.79 Å². The minimum absolute atomic E-state index is 0.0995. The predicted molar refractivity (Wildman–Crippen MR) is 66.1 cm³/mol. The molecular weight excluding hydrogens is 202 g/mol. The first-order valence-electron chi connectivity index (χ1n) is 5.25. The number of carbonyl (C=O) groups is 1. The smallest absolute Gasteiger partial charge is 0.150 e. The zero-order chi connectivity index (χ0) is 12.0. The lowest BCUT2D eigenvalue weighted by Gasteiger charge is -2.22. The molecule has 0 aliphatic heterocycles. The number of aliphatic hydroxyl groups excluding tert-OH is 1. The number of aldehydes is 1. The molecule has 1 aromatic carbocycles. The summed E-state index contributed by atoms with van der Waals surface area (Å²) < 4.78 is 0. The van der Waals surface area contributed by atoms with E-state index in [1.165, 1.54) is 0 Å². The summed E-state index contributed by atoms with van der Waals surface area (Å²) in [5.41, 5.74) is 2.64. The summed E-state index contributed by atoms with van der Waals surface area (Å²) in [6, 6.07) is 5.63. The predicted octanol–water partition coefficient (Wildman–Crippen LogP) is 1.79. The van der Waals surface area contributed by atoms with E-state index in [1.54, 1.807) is 12.1 Å². The molecule has 0 heterocycles. The molecule has 86 valence electrons. The molecule has 0 aliphatic rings. The molecule has 0 spiro atoms. The Morgan fingerprint density at radius 3 is 2.75 bits per heavy atom. The van der Waals surface area contributed by atoms with Crippen molar-refractivity contribution in [3.8, 4) is 0 Å². The minimum Gasteiger partial charge on any atom is -0.395 e. The molecule has 1 N–H and O–H groups in total. The topological polar surface area (TPSA) is 40.5 Å². The van der Waals surface area contributed by atoms with Gasteiger partial charge in [0, 0.05) is 24.3 Å². The lowest BCUT2D eigenvalue weighted by Crippen LogP contribution is -2.26. The highest BCUT2D eigenvalue weighted by Crippen LogP contribution is 2.18. The quantitative estimate of drug-likeness (QED) is 0.586. The maximum atomic E-state index is 10.7. The summed E-state index contributed by atoms with van der Waals surface area (Å²) in [6.45, 7) is 6.93. The number of rotatable bonds is 6. The van der Waals surface area contributed by atoms with Gasteiger partial charge in [-0.2, -0.15) is 0 Å². The summed E-state index contributed by atoms with van der Waals surface area (Å²) in [5.74, 6) is 0. The Morgan fingerprint density at radius 1 is 1.50 bits per heavy atom. The number of nitrogens with zero attached hydrogens (tertiary/aromatic N) is 1. The average molecular weight is 219 g/mol. The second kappa shape index (κ2) is 6.08. The Bertz CT molecular complexity index is 374. The van der Waals surface area contributed by atoms with Crippen LogP contribution in [0.4, 0.5) is 5.69 Å². The van der Waals surface area contributed by atoms with Crippen LogP contribution in [0.1, 0.15) is 15.9 Å².